The summed E-state index contributed by atoms with van der Waals surface area (Å²) >= 11 is 0. The largest absolute Gasteiger partial charge is 0.419 e. The Kier molecular flexibility index (Phi) is 7.46. The number of aromatic nitrogens is 3. The van der Waals surface area contributed by atoms with Gasteiger partial charge in [-0.25, -0.2) is 13.9 Å². The Bertz CT molecular complexity index is 1220. The number of aliphatic hydroxyl groups excluding tert-OH is 1. The number of pyridine rings is 1. The van der Waals surface area contributed by atoms with E-state index in [2.05, 4.69) is 25.6 Å². The normalized spacial score (nSPS) is 16.8. The maximum atomic E-state index is 14.6. The van der Waals surface area contributed by atoms with Crippen LogP contribution in [0.3, 0.4) is 0 Å². The van der Waals surface area contributed by atoms with Gasteiger partial charge in [0.15, 0.2) is 5.65 Å². The van der Waals surface area contributed by atoms with Crippen molar-refractivity contribution in [2.24, 2.45) is 0 Å². The number of nitrogens with one attached hydrogen (secondary N) is 2. The molecule has 36 heavy (non-hydrogen) atoms. The highest BCUT2D eigenvalue weighted by molar-refractivity contribution is 5.96. The number of hydrogen-bond acceptors (Lipinski definition) is 6. The fraction of sp³-hybridized carbons (Fsp3) is 0.458. The van der Waals surface area contributed by atoms with Crippen LogP contribution in [0.2, 0.25) is 0 Å². The SMILES string of the molecule is C[C@H](CO)NC1CCN(c2cc(C(=O)N[C@H](C)c3cccc(C(F)(F)F)c3F)cn3ncnc23)CC1. The van der Waals surface area contributed by atoms with Crippen molar-refractivity contribution in [1.29, 1.82) is 0 Å². The fourth-order valence-electron chi connectivity index (χ4n) is 4.47. The lowest BCUT2D eigenvalue weighted by Gasteiger charge is -2.35. The van der Waals surface area contributed by atoms with E-state index in [1.54, 1.807) is 6.07 Å². The lowest BCUT2D eigenvalue weighted by atomic mass is 10.0. The zero-order chi connectivity index (χ0) is 26.0. The van der Waals surface area contributed by atoms with E-state index in [1.165, 1.54) is 30.0 Å². The predicted octanol–water partition coefficient (Wildman–Crippen LogP) is 3.32. The minimum absolute atomic E-state index is 0.000397. The molecule has 2 atom stereocenters. The molecule has 0 saturated carbocycles. The van der Waals surface area contributed by atoms with Gasteiger partial charge in [0.2, 0.25) is 0 Å². The number of aliphatic hydroxyl groups is 1. The van der Waals surface area contributed by atoms with Gasteiger partial charge in [0, 0.05) is 36.9 Å². The summed E-state index contributed by atoms with van der Waals surface area (Å²) < 4.78 is 55.3. The van der Waals surface area contributed by atoms with E-state index in [4.69, 9.17) is 0 Å². The Morgan fingerprint density at radius 1 is 1.25 bits per heavy atom. The second kappa shape index (κ2) is 10.4. The van der Waals surface area contributed by atoms with Crippen LogP contribution in [0.5, 0.6) is 0 Å². The third-order valence-electron chi connectivity index (χ3n) is 6.40. The minimum atomic E-state index is -4.84. The second-order valence-electron chi connectivity index (χ2n) is 9.06. The standard InChI is InChI=1S/C24H28F4N6O2/c1-14(12-35)31-17-6-8-33(9-7-17)20-10-16(11-34-22(20)29-13-30-34)23(36)32-15(2)18-4-3-5-19(21(18)25)24(26,27)28/h3-5,10-11,13-15,17,31,35H,6-9,12H2,1-2H3,(H,32,36)/t14-,15-/m1/s1. The van der Waals surface area contributed by atoms with Gasteiger partial charge in [-0.1, -0.05) is 12.1 Å². The lowest BCUT2D eigenvalue weighted by Crippen LogP contribution is -2.46. The first-order valence-electron chi connectivity index (χ1n) is 11.7. The minimum Gasteiger partial charge on any atom is -0.395 e. The molecule has 1 aliphatic rings. The number of nitrogens with zero attached hydrogens (tertiary/aromatic N) is 4. The molecule has 1 aromatic carbocycles. The van der Waals surface area contributed by atoms with E-state index < -0.39 is 29.5 Å². The van der Waals surface area contributed by atoms with Crippen LogP contribution in [0.1, 0.15) is 54.2 Å². The van der Waals surface area contributed by atoms with Crippen molar-refractivity contribution < 1.29 is 27.5 Å². The monoisotopic (exact) mass is 508 g/mol. The Balaban J connectivity index is 1.54. The number of benzene rings is 1. The molecule has 3 heterocycles. The van der Waals surface area contributed by atoms with Gasteiger partial charge < -0.3 is 20.6 Å². The van der Waals surface area contributed by atoms with Crippen LogP contribution in [0, 0.1) is 5.82 Å². The number of carbonyl (C=O) groups excluding carboxylic acids is 1. The fourth-order valence-corrected chi connectivity index (χ4v) is 4.47. The van der Waals surface area contributed by atoms with Crippen LogP contribution in [0.4, 0.5) is 23.2 Å². The first kappa shape index (κ1) is 25.8. The Morgan fingerprint density at radius 3 is 2.64 bits per heavy atom. The topological polar surface area (TPSA) is 94.8 Å². The van der Waals surface area contributed by atoms with E-state index in [1.807, 2.05) is 6.92 Å². The summed E-state index contributed by atoms with van der Waals surface area (Å²) in [6.07, 6.45) is -0.332. The Labute approximate surface area is 205 Å². The molecule has 0 unspecified atom stereocenters. The molecular formula is C24H28F4N6O2. The van der Waals surface area contributed by atoms with Crippen molar-refractivity contribution in [1.82, 2.24) is 25.2 Å². The highest BCUT2D eigenvalue weighted by Crippen LogP contribution is 2.34. The highest BCUT2D eigenvalue weighted by Gasteiger charge is 2.35. The molecule has 8 nitrogen and oxygen atoms in total. The summed E-state index contributed by atoms with van der Waals surface area (Å²) in [5.74, 6) is -1.98. The van der Waals surface area contributed by atoms with E-state index in [0.717, 1.165) is 18.9 Å². The summed E-state index contributed by atoms with van der Waals surface area (Å²) in [5.41, 5.74) is -0.146. The van der Waals surface area contributed by atoms with Crippen LogP contribution in [-0.2, 0) is 6.18 Å². The van der Waals surface area contributed by atoms with E-state index >= 15 is 0 Å². The molecule has 194 valence electrons. The van der Waals surface area contributed by atoms with E-state index in [9.17, 15) is 27.5 Å². The zero-order valence-corrected chi connectivity index (χ0v) is 19.9. The third kappa shape index (κ3) is 5.44. The predicted molar refractivity (Wildman–Crippen MR) is 125 cm³/mol. The van der Waals surface area contributed by atoms with E-state index in [-0.39, 0.29) is 29.8 Å². The summed E-state index contributed by atoms with van der Waals surface area (Å²) in [6, 6.07) is 3.92. The number of halogens is 4. The molecular weight excluding hydrogens is 480 g/mol. The number of hydrogen-bond donors (Lipinski definition) is 3. The number of carbonyl (C=O) groups is 1. The molecule has 1 fully saturated rings. The van der Waals surface area contributed by atoms with Crippen LogP contribution >= 0.6 is 0 Å². The lowest BCUT2D eigenvalue weighted by molar-refractivity contribution is -0.140. The van der Waals surface area contributed by atoms with Gasteiger partial charge in [0.05, 0.1) is 29.5 Å². The molecule has 1 saturated heterocycles. The van der Waals surface area contributed by atoms with Crippen molar-refractivity contribution in [2.75, 3.05) is 24.6 Å². The molecule has 2 aromatic heterocycles. The van der Waals surface area contributed by atoms with Gasteiger partial charge in [-0.15, -0.1) is 0 Å². The number of anilines is 1. The van der Waals surface area contributed by atoms with Gasteiger partial charge in [-0.3, -0.25) is 4.79 Å². The molecule has 1 amide bonds. The first-order valence-corrected chi connectivity index (χ1v) is 11.7. The maximum absolute atomic E-state index is 14.6. The maximum Gasteiger partial charge on any atom is 0.419 e. The second-order valence-corrected chi connectivity index (χ2v) is 9.06. The summed E-state index contributed by atoms with van der Waals surface area (Å²) in [5, 5.41) is 19.4. The number of amides is 1. The zero-order valence-electron chi connectivity index (χ0n) is 19.9. The summed E-state index contributed by atoms with van der Waals surface area (Å²) in [4.78, 5) is 19.5. The molecule has 0 spiro atoms. The van der Waals surface area contributed by atoms with Crippen molar-refractivity contribution >= 4 is 17.2 Å². The van der Waals surface area contributed by atoms with Crippen LogP contribution < -0.4 is 15.5 Å². The van der Waals surface area contributed by atoms with E-state index in [0.29, 0.717) is 30.5 Å². The Morgan fingerprint density at radius 2 is 1.97 bits per heavy atom. The van der Waals surface area contributed by atoms with Crippen LogP contribution in [-0.4, -0.2) is 57.4 Å². The highest BCUT2D eigenvalue weighted by atomic mass is 19.4. The molecule has 1 aliphatic heterocycles. The first-order chi connectivity index (χ1) is 17.1. The van der Waals surface area contributed by atoms with Crippen LogP contribution in [0.15, 0.2) is 36.8 Å². The smallest absolute Gasteiger partial charge is 0.395 e. The van der Waals surface area contributed by atoms with Crippen molar-refractivity contribution in [3.8, 4) is 0 Å². The van der Waals surface area contributed by atoms with Crippen molar-refractivity contribution in [2.45, 2.75) is 51.0 Å². The van der Waals surface area contributed by atoms with Gasteiger partial charge in [-0.05, 0) is 38.8 Å². The molecule has 12 heteroatoms. The van der Waals surface area contributed by atoms with Crippen molar-refractivity contribution in [3.05, 3.63) is 59.3 Å². The molecule has 0 radical (unpaired) electrons. The van der Waals surface area contributed by atoms with Gasteiger partial charge in [0.1, 0.15) is 12.1 Å². The Hall–Kier alpha value is -3.25. The quantitative estimate of drug-likeness (QED) is 0.424. The van der Waals surface area contributed by atoms with Gasteiger partial charge in [0.25, 0.3) is 5.91 Å². The summed E-state index contributed by atoms with van der Waals surface area (Å²) in [7, 11) is 0. The molecule has 3 aromatic rings. The molecule has 0 aliphatic carbocycles. The van der Waals surface area contributed by atoms with Crippen molar-refractivity contribution in [3.63, 3.8) is 0 Å². The number of alkyl halides is 3. The average molecular weight is 509 g/mol. The third-order valence-corrected chi connectivity index (χ3v) is 6.40. The number of rotatable bonds is 7. The summed E-state index contributed by atoms with van der Waals surface area (Å²) in [6.45, 7) is 4.78. The average Bonchev–Trinajstić information content (AvgIpc) is 3.32. The number of fused-ring (bicyclic) bond motifs is 1. The molecule has 4 rings (SSSR count). The van der Waals surface area contributed by atoms with Gasteiger partial charge >= 0.3 is 6.18 Å². The van der Waals surface area contributed by atoms with Gasteiger partial charge in [-0.2, -0.15) is 18.3 Å². The molecule has 0 bridgehead atoms. The molecule has 3 N–H and O–H groups in total. The van der Waals surface area contributed by atoms with Crippen LogP contribution in [0.25, 0.3) is 5.65 Å². The number of piperidine rings is 1.